The number of pyridine rings is 1. The number of amides is 1. The zero-order chi connectivity index (χ0) is 26.8. The van der Waals surface area contributed by atoms with Gasteiger partial charge in [0.25, 0.3) is 5.91 Å². The summed E-state index contributed by atoms with van der Waals surface area (Å²) in [4.78, 5) is 31.6. The second-order valence-corrected chi connectivity index (χ2v) is 10.2. The molecule has 1 N–H and O–H groups in total. The van der Waals surface area contributed by atoms with Crippen molar-refractivity contribution < 1.29 is 14.3 Å². The van der Waals surface area contributed by atoms with Gasteiger partial charge in [0.15, 0.2) is 0 Å². The highest BCUT2D eigenvalue weighted by atomic mass is 35.5. The van der Waals surface area contributed by atoms with Crippen LogP contribution in [0.5, 0.6) is 0 Å². The summed E-state index contributed by atoms with van der Waals surface area (Å²) in [5.74, 6) is -0.826. The first kappa shape index (κ1) is 25.6. The van der Waals surface area contributed by atoms with Gasteiger partial charge in [0.2, 0.25) is 0 Å². The molecule has 0 radical (unpaired) electrons. The van der Waals surface area contributed by atoms with E-state index in [0.29, 0.717) is 37.9 Å². The fourth-order valence-corrected chi connectivity index (χ4v) is 5.36. The number of esters is 1. The van der Waals surface area contributed by atoms with Gasteiger partial charge in [-0.15, -0.1) is 11.3 Å². The summed E-state index contributed by atoms with van der Waals surface area (Å²) < 4.78 is 5.35. The molecule has 0 saturated heterocycles. The Labute approximate surface area is 230 Å². The van der Waals surface area contributed by atoms with Gasteiger partial charge in [0.1, 0.15) is 10.6 Å². The van der Waals surface area contributed by atoms with E-state index in [-0.39, 0.29) is 12.5 Å². The van der Waals surface area contributed by atoms with Crippen molar-refractivity contribution in [1.29, 1.82) is 0 Å². The number of rotatable bonds is 6. The SMILES string of the molecule is CCOC(=O)c1c(-c2ccc(Cl)cc2)csc1NC(=O)c1cc(-c2ccc(C)c(C)c2)nc2ccccc12. The number of fused-ring (bicyclic) bond motifs is 1. The number of hydrogen-bond donors (Lipinski definition) is 1. The number of thiophene rings is 1. The average molecular weight is 541 g/mol. The van der Waals surface area contributed by atoms with Gasteiger partial charge >= 0.3 is 5.97 Å². The molecule has 3 aromatic carbocycles. The number of aromatic nitrogens is 1. The first-order valence-corrected chi connectivity index (χ1v) is 13.4. The second-order valence-electron chi connectivity index (χ2n) is 8.91. The number of benzene rings is 3. The fraction of sp³-hybridized carbons (Fsp3) is 0.129. The van der Waals surface area contributed by atoms with Gasteiger partial charge in [0, 0.05) is 26.9 Å². The molecule has 0 saturated carbocycles. The van der Waals surface area contributed by atoms with Crippen molar-refractivity contribution in [2.24, 2.45) is 0 Å². The summed E-state index contributed by atoms with van der Waals surface area (Å²) in [7, 11) is 0. The number of halogens is 1. The highest BCUT2D eigenvalue weighted by molar-refractivity contribution is 7.15. The van der Waals surface area contributed by atoms with E-state index in [0.717, 1.165) is 22.1 Å². The van der Waals surface area contributed by atoms with Crippen molar-refractivity contribution in [3.63, 3.8) is 0 Å². The van der Waals surface area contributed by atoms with Gasteiger partial charge in [-0.1, -0.05) is 54.1 Å². The molecule has 0 aliphatic rings. The zero-order valence-corrected chi connectivity index (χ0v) is 22.7. The summed E-state index contributed by atoms with van der Waals surface area (Å²) >= 11 is 7.34. The van der Waals surface area contributed by atoms with Crippen LogP contribution in [0.25, 0.3) is 33.3 Å². The van der Waals surface area contributed by atoms with Crippen LogP contribution < -0.4 is 5.32 Å². The lowest BCUT2D eigenvalue weighted by Gasteiger charge is -2.12. The molecule has 1 amide bonds. The molecule has 0 spiro atoms. The van der Waals surface area contributed by atoms with E-state index in [1.807, 2.05) is 47.8 Å². The fourth-order valence-electron chi connectivity index (χ4n) is 4.28. The van der Waals surface area contributed by atoms with Gasteiger partial charge in [-0.3, -0.25) is 4.79 Å². The summed E-state index contributed by atoms with van der Waals surface area (Å²) in [6.07, 6.45) is 0. The zero-order valence-electron chi connectivity index (χ0n) is 21.2. The normalized spacial score (nSPS) is 10.9. The van der Waals surface area contributed by atoms with Crippen LogP contribution in [0.4, 0.5) is 5.00 Å². The van der Waals surface area contributed by atoms with Gasteiger partial charge < -0.3 is 10.1 Å². The summed E-state index contributed by atoms with van der Waals surface area (Å²) in [5.41, 5.74) is 6.96. The number of anilines is 1. The van der Waals surface area contributed by atoms with Crippen LogP contribution in [0.15, 0.2) is 78.2 Å². The van der Waals surface area contributed by atoms with Crippen LogP contribution >= 0.6 is 22.9 Å². The number of hydrogen-bond acceptors (Lipinski definition) is 5. The van der Waals surface area contributed by atoms with Crippen molar-refractivity contribution in [3.8, 4) is 22.4 Å². The monoisotopic (exact) mass is 540 g/mol. The molecule has 38 heavy (non-hydrogen) atoms. The predicted molar refractivity (Wildman–Crippen MR) is 155 cm³/mol. The Kier molecular flexibility index (Phi) is 7.27. The molecular formula is C31H25ClN2O3S. The van der Waals surface area contributed by atoms with Crippen molar-refractivity contribution in [1.82, 2.24) is 4.98 Å². The maximum Gasteiger partial charge on any atom is 0.341 e. The van der Waals surface area contributed by atoms with E-state index in [2.05, 4.69) is 31.3 Å². The molecule has 2 heterocycles. The minimum absolute atomic E-state index is 0.219. The molecule has 0 atom stereocenters. The van der Waals surface area contributed by atoms with E-state index in [4.69, 9.17) is 21.3 Å². The number of aryl methyl sites for hydroxylation is 2. The largest absolute Gasteiger partial charge is 0.462 e. The Bertz CT molecular complexity index is 1680. The third-order valence-corrected chi connectivity index (χ3v) is 7.56. The van der Waals surface area contributed by atoms with Gasteiger partial charge in [-0.2, -0.15) is 0 Å². The Morgan fingerprint density at radius 1 is 0.947 bits per heavy atom. The second kappa shape index (κ2) is 10.8. The molecule has 5 rings (SSSR count). The Hall–Kier alpha value is -4.00. The average Bonchev–Trinajstić information content (AvgIpc) is 3.33. The molecule has 7 heteroatoms. The van der Waals surface area contributed by atoms with Crippen LogP contribution in [-0.4, -0.2) is 23.5 Å². The number of nitrogens with one attached hydrogen (secondary N) is 1. The molecule has 0 fully saturated rings. The third-order valence-electron chi connectivity index (χ3n) is 6.42. The molecule has 5 aromatic rings. The Morgan fingerprint density at radius 2 is 1.68 bits per heavy atom. The summed E-state index contributed by atoms with van der Waals surface area (Å²) in [6.45, 7) is 6.09. The molecular weight excluding hydrogens is 516 g/mol. The van der Waals surface area contributed by atoms with E-state index in [9.17, 15) is 9.59 Å². The number of carbonyl (C=O) groups is 2. The van der Waals surface area contributed by atoms with E-state index < -0.39 is 5.97 Å². The molecule has 5 nitrogen and oxygen atoms in total. The number of nitrogens with zero attached hydrogens (tertiary/aromatic N) is 1. The quantitative estimate of drug-likeness (QED) is 0.220. The van der Waals surface area contributed by atoms with E-state index in [1.54, 1.807) is 25.1 Å². The van der Waals surface area contributed by atoms with Gasteiger partial charge in [-0.05, 0) is 67.8 Å². The van der Waals surface area contributed by atoms with E-state index in [1.165, 1.54) is 16.9 Å². The first-order chi connectivity index (χ1) is 18.4. The maximum absolute atomic E-state index is 13.8. The standard InChI is InChI=1S/C31H25ClN2O3S/c1-4-37-31(36)28-25(20-11-13-22(32)14-12-20)17-38-30(28)34-29(35)24-16-27(21-10-9-18(2)19(3)15-21)33-26-8-6-5-7-23(24)26/h5-17H,4H2,1-3H3,(H,34,35). The summed E-state index contributed by atoms with van der Waals surface area (Å²) in [5, 5.41) is 6.57. The Morgan fingerprint density at radius 3 is 2.42 bits per heavy atom. The van der Waals surface area contributed by atoms with Gasteiger partial charge in [-0.25, -0.2) is 9.78 Å². The number of ether oxygens (including phenoxy) is 1. The van der Waals surface area contributed by atoms with Gasteiger partial charge in [0.05, 0.1) is 23.4 Å². The van der Waals surface area contributed by atoms with Crippen molar-refractivity contribution in [3.05, 3.63) is 105 Å². The lowest BCUT2D eigenvalue weighted by molar-refractivity contribution is 0.0529. The molecule has 0 aliphatic carbocycles. The minimum atomic E-state index is -0.496. The van der Waals surface area contributed by atoms with Crippen LogP contribution in [-0.2, 0) is 4.74 Å². The summed E-state index contributed by atoms with van der Waals surface area (Å²) in [6, 6.07) is 22.7. The van der Waals surface area contributed by atoms with E-state index >= 15 is 0 Å². The Balaban J connectivity index is 1.58. The topological polar surface area (TPSA) is 68.3 Å². The first-order valence-electron chi connectivity index (χ1n) is 12.2. The lowest BCUT2D eigenvalue weighted by Crippen LogP contribution is -2.15. The van der Waals surface area contributed by atoms with Crippen molar-refractivity contribution >= 4 is 50.7 Å². The molecule has 0 bridgehead atoms. The van der Waals surface area contributed by atoms with Crippen LogP contribution in [0.2, 0.25) is 5.02 Å². The van der Waals surface area contributed by atoms with Crippen molar-refractivity contribution in [2.45, 2.75) is 20.8 Å². The minimum Gasteiger partial charge on any atom is -0.462 e. The molecule has 190 valence electrons. The predicted octanol–water partition coefficient (Wildman–Crippen LogP) is 8.33. The van der Waals surface area contributed by atoms with Crippen molar-refractivity contribution in [2.75, 3.05) is 11.9 Å². The smallest absolute Gasteiger partial charge is 0.341 e. The lowest BCUT2D eigenvalue weighted by atomic mass is 10.0. The van der Waals surface area contributed by atoms with Crippen LogP contribution in [0, 0.1) is 13.8 Å². The molecule has 0 aliphatic heterocycles. The number of carbonyl (C=O) groups excluding carboxylic acids is 2. The maximum atomic E-state index is 13.8. The molecule has 2 aromatic heterocycles. The van der Waals surface area contributed by atoms with Crippen LogP contribution in [0.1, 0.15) is 38.8 Å². The highest BCUT2D eigenvalue weighted by Crippen LogP contribution is 2.37. The molecule has 0 unspecified atom stereocenters. The highest BCUT2D eigenvalue weighted by Gasteiger charge is 2.24. The third kappa shape index (κ3) is 5.05. The number of para-hydroxylation sites is 1. The van der Waals surface area contributed by atoms with Crippen LogP contribution in [0.3, 0.4) is 0 Å².